The van der Waals surface area contributed by atoms with Crippen molar-refractivity contribution in [3.05, 3.63) is 243 Å². The molecule has 60 heavy (non-hydrogen) atoms. The van der Waals surface area contributed by atoms with Crippen molar-refractivity contribution in [2.75, 3.05) is 4.90 Å². The topological polar surface area (TPSA) is 8.17 Å². The van der Waals surface area contributed by atoms with Crippen molar-refractivity contribution in [3.63, 3.8) is 0 Å². The van der Waals surface area contributed by atoms with E-state index in [0.29, 0.717) is 0 Å². The molecule has 0 spiro atoms. The highest BCUT2D eigenvalue weighted by Gasteiger charge is 2.21. The molecule has 0 amide bonds. The van der Waals surface area contributed by atoms with E-state index in [1.54, 1.807) is 0 Å². The predicted octanol–water partition coefficient (Wildman–Crippen LogP) is 16.1. The molecule has 0 bridgehead atoms. The fourth-order valence-electron chi connectivity index (χ4n) is 8.95. The Balaban J connectivity index is 1.04. The molecule has 0 unspecified atom stereocenters. The van der Waals surface area contributed by atoms with Gasteiger partial charge in [0.25, 0.3) is 0 Å². The predicted molar refractivity (Wildman–Crippen MR) is 255 cm³/mol. The number of benzene rings is 10. The third-order valence-corrected chi connectivity index (χ3v) is 11.8. The number of hydrogen-bond acceptors (Lipinski definition) is 1. The first kappa shape index (κ1) is 35.2. The van der Waals surface area contributed by atoms with Gasteiger partial charge in [0.1, 0.15) is 0 Å². The van der Waals surface area contributed by atoms with Crippen LogP contribution >= 0.6 is 0 Å². The number of para-hydroxylation sites is 3. The summed E-state index contributed by atoms with van der Waals surface area (Å²) >= 11 is 0. The van der Waals surface area contributed by atoms with E-state index in [2.05, 4.69) is 252 Å². The highest BCUT2D eigenvalue weighted by Crippen LogP contribution is 2.45. The number of fused-ring (bicyclic) bond motifs is 5. The molecule has 0 aliphatic heterocycles. The van der Waals surface area contributed by atoms with E-state index in [1.165, 1.54) is 54.8 Å². The van der Waals surface area contributed by atoms with Crippen LogP contribution in [-0.2, 0) is 0 Å². The summed E-state index contributed by atoms with van der Waals surface area (Å²) in [4.78, 5) is 2.43. The van der Waals surface area contributed by atoms with Crippen LogP contribution in [-0.4, -0.2) is 4.57 Å². The smallest absolute Gasteiger partial charge is 0.0547 e. The summed E-state index contributed by atoms with van der Waals surface area (Å²) in [6.07, 6.45) is 0. The zero-order valence-electron chi connectivity index (χ0n) is 33.0. The van der Waals surface area contributed by atoms with E-state index >= 15 is 0 Å². The molecule has 0 N–H and O–H groups in total. The lowest BCUT2D eigenvalue weighted by Crippen LogP contribution is -2.12. The lowest BCUT2D eigenvalue weighted by atomic mass is 9.97. The zero-order valence-corrected chi connectivity index (χ0v) is 33.0. The third kappa shape index (κ3) is 6.23. The third-order valence-electron chi connectivity index (χ3n) is 11.8. The molecule has 0 aliphatic rings. The van der Waals surface area contributed by atoms with E-state index in [9.17, 15) is 0 Å². The van der Waals surface area contributed by atoms with Crippen molar-refractivity contribution in [1.29, 1.82) is 0 Å². The molecule has 0 aliphatic carbocycles. The molecular weight excluding hydrogens is 725 g/mol. The largest absolute Gasteiger partial charge is 0.309 e. The number of aromatic nitrogens is 1. The van der Waals surface area contributed by atoms with Crippen LogP contribution in [0.25, 0.3) is 82.8 Å². The maximum absolute atomic E-state index is 2.43. The second-order valence-corrected chi connectivity index (χ2v) is 15.3. The molecule has 2 nitrogen and oxygen atoms in total. The fraction of sp³-hybridized carbons (Fsp3) is 0. The average molecular weight is 765 g/mol. The number of nitrogens with zero attached hydrogens (tertiary/aromatic N) is 2. The van der Waals surface area contributed by atoms with Crippen LogP contribution < -0.4 is 4.90 Å². The van der Waals surface area contributed by atoms with Crippen LogP contribution in [0.3, 0.4) is 0 Å². The second kappa shape index (κ2) is 15.1. The lowest BCUT2D eigenvalue weighted by molar-refractivity contribution is 1.18. The van der Waals surface area contributed by atoms with Gasteiger partial charge in [0, 0.05) is 33.3 Å². The summed E-state index contributed by atoms with van der Waals surface area (Å²) in [6, 6.07) is 87.8. The van der Waals surface area contributed by atoms with Gasteiger partial charge in [0.05, 0.1) is 22.4 Å². The van der Waals surface area contributed by atoms with Crippen molar-refractivity contribution in [3.8, 4) is 50.2 Å². The van der Waals surface area contributed by atoms with Gasteiger partial charge in [-0.1, -0.05) is 194 Å². The van der Waals surface area contributed by atoms with Crippen molar-refractivity contribution >= 4 is 49.6 Å². The molecule has 0 radical (unpaired) electrons. The Morgan fingerprint density at radius 3 is 1.35 bits per heavy atom. The molecule has 1 aromatic heterocycles. The summed E-state index contributed by atoms with van der Waals surface area (Å²) in [5, 5.41) is 5.09. The van der Waals surface area contributed by atoms with Crippen LogP contribution in [0.4, 0.5) is 17.1 Å². The highest BCUT2D eigenvalue weighted by atomic mass is 15.1. The minimum absolute atomic E-state index is 1.09. The maximum atomic E-state index is 2.43. The molecule has 1 heterocycles. The van der Waals surface area contributed by atoms with Crippen molar-refractivity contribution < 1.29 is 0 Å². The monoisotopic (exact) mass is 764 g/mol. The molecule has 0 saturated heterocycles. The molecular formula is C58H40N2. The minimum Gasteiger partial charge on any atom is -0.309 e. The Bertz CT molecular complexity index is 3270. The van der Waals surface area contributed by atoms with Crippen LogP contribution in [0.1, 0.15) is 0 Å². The molecule has 0 fully saturated rings. The van der Waals surface area contributed by atoms with Gasteiger partial charge in [-0.2, -0.15) is 0 Å². The Labute approximate surface area is 350 Å². The zero-order chi connectivity index (χ0) is 39.8. The van der Waals surface area contributed by atoms with Gasteiger partial charge in [-0.3, -0.25) is 0 Å². The summed E-state index contributed by atoms with van der Waals surface area (Å²) in [6.45, 7) is 0. The standard InChI is InChI=1S/C58H40N2/c1-3-15-41(16-4-1)43-27-29-46(30-28-43)50-20-9-12-24-54(50)59(48-36-31-44(32-37-48)42-17-5-2-6-18-42)55-25-13-10-21-51(55)47-33-38-49(39-34-47)60-56-26-14-11-23-53(56)58-52-22-8-7-19-45(52)35-40-57(58)60/h1-40H. The molecule has 10 aromatic carbocycles. The number of hydrogen-bond donors (Lipinski definition) is 0. The molecule has 0 saturated carbocycles. The van der Waals surface area contributed by atoms with Crippen LogP contribution in [0.2, 0.25) is 0 Å². The van der Waals surface area contributed by atoms with Crippen molar-refractivity contribution in [1.82, 2.24) is 4.57 Å². The van der Waals surface area contributed by atoms with E-state index in [4.69, 9.17) is 0 Å². The Morgan fingerprint density at radius 2 is 0.733 bits per heavy atom. The summed E-state index contributed by atoms with van der Waals surface area (Å²) in [7, 11) is 0. The van der Waals surface area contributed by atoms with Crippen LogP contribution in [0, 0.1) is 0 Å². The van der Waals surface area contributed by atoms with Gasteiger partial charge in [0.15, 0.2) is 0 Å². The van der Waals surface area contributed by atoms with E-state index in [-0.39, 0.29) is 0 Å². The number of anilines is 3. The lowest BCUT2D eigenvalue weighted by Gasteiger charge is -2.30. The first-order chi connectivity index (χ1) is 29.8. The summed E-state index contributed by atoms with van der Waals surface area (Å²) < 4.78 is 2.41. The molecule has 11 aromatic rings. The van der Waals surface area contributed by atoms with Gasteiger partial charge in [-0.05, 0) is 92.7 Å². The van der Waals surface area contributed by atoms with Gasteiger partial charge >= 0.3 is 0 Å². The van der Waals surface area contributed by atoms with Crippen LogP contribution in [0.5, 0.6) is 0 Å². The van der Waals surface area contributed by atoms with Gasteiger partial charge in [0.2, 0.25) is 0 Å². The normalized spacial score (nSPS) is 11.3. The average Bonchev–Trinajstić information content (AvgIpc) is 3.68. The summed E-state index contributed by atoms with van der Waals surface area (Å²) in [5.74, 6) is 0. The molecule has 282 valence electrons. The van der Waals surface area contributed by atoms with E-state index in [1.807, 2.05) is 0 Å². The van der Waals surface area contributed by atoms with Gasteiger partial charge in [-0.15, -0.1) is 0 Å². The van der Waals surface area contributed by atoms with E-state index < -0.39 is 0 Å². The maximum Gasteiger partial charge on any atom is 0.0547 e. The van der Waals surface area contributed by atoms with Crippen molar-refractivity contribution in [2.24, 2.45) is 0 Å². The quantitative estimate of drug-likeness (QED) is 0.150. The summed E-state index contributed by atoms with van der Waals surface area (Å²) in [5.41, 5.74) is 16.3. The number of rotatable bonds is 8. The van der Waals surface area contributed by atoms with E-state index in [0.717, 1.165) is 45.0 Å². The Morgan fingerprint density at radius 1 is 0.283 bits per heavy atom. The van der Waals surface area contributed by atoms with Gasteiger partial charge in [-0.25, -0.2) is 0 Å². The first-order valence-corrected chi connectivity index (χ1v) is 20.6. The van der Waals surface area contributed by atoms with Crippen molar-refractivity contribution in [2.45, 2.75) is 0 Å². The first-order valence-electron chi connectivity index (χ1n) is 20.6. The highest BCUT2D eigenvalue weighted by molar-refractivity contribution is 6.21. The fourth-order valence-corrected chi connectivity index (χ4v) is 8.95. The Kier molecular flexibility index (Phi) is 8.87. The second-order valence-electron chi connectivity index (χ2n) is 15.3. The Hall–Kier alpha value is -7.94. The molecule has 11 rings (SSSR count). The van der Waals surface area contributed by atoms with Gasteiger partial charge < -0.3 is 9.47 Å². The van der Waals surface area contributed by atoms with Crippen LogP contribution in [0.15, 0.2) is 243 Å². The minimum atomic E-state index is 1.09. The SMILES string of the molecule is c1ccc(-c2ccc(-c3ccccc3N(c3ccc(-c4ccccc4)cc3)c3ccccc3-c3ccc(-n4c5ccccc5c5c6ccccc6ccc54)cc3)cc2)cc1. The molecule has 0 atom stereocenters. The molecule has 2 heteroatoms.